The lowest BCUT2D eigenvalue weighted by molar-refractivity contribution is -0.141. The van der Waals surface area contributed by atoms with E-state index in [9.17, 15) is 29.7 Å². The second-order valence-electron chi connectivity index (χ2n) is 8.51. The first kappa shape index (κ1) is 28.6. The number of hydrogen-bond acceptors (Lipinski definition) is 8. The molecule has 1 heterocycles. The molecule has 0 aromatic heterocycles. The molecule has 1 aliphatic rings. The molecule has 35 heavy (non-hydrogen) atoms. The van der Waals surface area contributed by atoms with Gasteiger partial charge in [0, 0.05) is 44.5 Å². The lowest BCUT2D eigenvalue weighted by atomic mass is 10.0. The molecule has 0 radical (unpaired) electrons. The number of ether oxygens (including phenoxy) is 1. The standard InChI is InChI=1S/C23H34N4O7S/c1-17(35)24-19-4-2-18(3-5-19)12-20-13-26(15-22(30)31)7-6-25(14-21(28)29)8-10-34-11-9-27(20)16-23(32)33/h2-5,20H,6-16H2,1H3,(H,24,35)(H,28,29)(H,30,31)(H,32,33)/t20-/m0/s1. The molecule has 12 heteroatoms. The molecular weight excluding hydrogens is 476 g/mol. The Balaban J connectivity index is 2.27. The van der Waals surface area contributed by atoms with Crippen LogP contribution >= 0.6 is 12.2 Å². The third-order valence-electron chi connectivity index (χ3n) is 5.59. The number of carboxylic acids is 3. The van der Waals surface area contributed by atoms with E-state index < -0.39 is 17.9 Å². The van der Waals surface area contributed by atoms with Gasteiger partial charge in [-0.25, -0.2) is 0 Å². The van der Waals surface area contributed by atoms with E-state index in [0.29, 0.717) is 50.7 Å². The predicted octanol–water partition coefficient (Wildman–Crippen LogP) is 0.547. The molecule has 0 unspecified atom stereocenters. The van der Waals surface area contributed by atoms with Crippen molar-refractivity contribution in [2.24, 2.45) is 0 Å². The molecule has 4 N–H and O–H groups in total. The first-order chi connectivity index (χ1) is 16.6. The summed E-state index contributed by atoms with van der Waals surface area (Å²) in [6, 6.07) is 7.35. The first-order valence-electron chi connectivity index (χ1n) is 11.4. The average Bonchev–Trinajstić information content (AvgIpc) is 2.74. The van der Waals surface area contributed by atoms with Crippen LogP contribution in [0.25, 0.3) is 0 Å². The number of nitrogens with one attached hydrogen (secondary N) is 1. The van der Waals surface area contributed by atoms with E-state index in [1.807, 2.05) is 24.3 Å². The fourth-order valence-electron chi connectivity index (χ4n) is 4.02. The van der Waals surface area contributed by atoms with Gasteiger partial charge in [0.05, 0.1) is 37.8 Å². The molecule has 1 atom stereocenters. The summed E-state index contributed by atoms with van der Waals surface area (Å²) in [7, 11) is 0. The van der Waals surface area contributed by atoms with E-state index in [-0.39, 0.29) is 32.3 Å². The Kier molecular flexibility index (Phi) is 12.0. The third kappa shape index (κ3) is 11.6. The van der Waals surface area contributed by atoms with E-state index in [4.69, 9.17) is 17.0 Å². The minimum atomic E-state index is -1.00. The van der Waals surface area contributed by atoms with Crippen molar-refractivity contribution in [1.82, 2.24) is 14.7 Å². The van der Waals surface area contributed by atoms with Crippen LogP contribution in [0.15, 0.2) is 24.3 Å². The van der Waals surface area contributed by atoms with Gasteiger partial charge in [-0.2, -0.15) is 0 Å². The average molecular weight is 511 g/mol. The molecule has 1 fully saturated rings. The molecule has 194 valence electrons. The summed E-state index contributed by atoms with van der Waals surface area (Å²) >= 11 is 5.07. The zero-order chi connectivity index (χ0) is 25.8. The van der Waals surface area contributed by atoms with Crippen molar-refractivity contribution >= 4 is 40.8 Å². The number of carbonyl (C=O) groups is 3. The second-order valence-corrected chi connectivity index (χ2v) is 9.12. The predicted molar refractivity (Wildman–Crippen MR) is 134 cm³/mol. The summed E-state index contributed by atoms with van der Waals surface area (Å²) in [6.07, 6.45) is 0.499. The highest BCUT2D eigenvalue weighted by molar-refractivity contribution is 7.80. The highest BCUT2D eigenvalue weighted by atomic mass is 32.1. The molecule has 0 bridgehead atoms. The van der Waals surface area contributed by atoms with Crippen LogP contribution in [0.4, 0.5) is 5.69 Å². The van der Waals surface area contributed by atoms with Crippen molar-refractivity contribution in [3.63, 3.8) is 0 Å². The summed E-state index contributed by atoms with van der Waals surface area (Å²) in [5, 5.41) is 31.2. The summed E-state index contributed by atoms with van der Waals surface area (Å²) in [4.78, 5) is 40.3. The maximum Gasteiger partial charge on any atom is 0.317 e. The molecule has 11 nitrogen and oxygen atoms in total. The van der Waals surface area contributed by atoms with Crippen molar-refractivity contribution in [3.05, 3.63) is 29.8 Å². The smallest absolute Gasteiger partial charge is 0.317 e. The van der Waals surface area contributed by atoms with Crippen molar-refractivity contribution in [1.29, 1.82) is 0 Å². The van der Waals surface area contributed by atoms with Crippen molar-refractivity contribution in [3.8, 4) is 0 Å². The molecule has 1 aliphatic heterocycles. The normalized spacial score (nSPS) is 19.3. The number of anilines is 1. The van der Waals surface area contributed by atoms with Crippen LogP contribution in [0.5, 0.6) is 0 Å². The van der Waals surface area contributed by atoms with Gasteiger partial charge < -0.3 is 25.4 Å². The van der Waals surface area contributed by atoms with Crippen LogP contribution in [0, 0.1) is 0 Å². The van der Waals surface area contributed by atoms with E-state index in [0.717, 1.165) is 11.3 Å². The summed E-state index contributed by atoms with van der Waals surface area (Å²) in [6.45, 7) is 3.48. The molecule has 1 saturated heterocycles. The number of carboxylic acid groups (broad SMARTS) is 3. The Morgan fingerprint density at radius 1 is 0.914 bits per heavy atom. The van der Waals surface area contributed by atoms with Gasteiger partial charge in [-0.15, -0.1) is 0 Å². The largest absolute Gasteiger partial charge is 0.480 e. The number of thiocarbonyl (C=S) groups is 1. The van der Waals surface area contributed by atoms with Crippen LogP contribution in [-0.4, -0.2) is 125 Å². The van der Waals surface area contributed by atoms with Gasteiger partial charge in [0.1, 0.15) is 0 Å². The SMILES string of the molecule is CC(=S)Nc1ccc(C[C@H]2CN(CC(=O)O)CCN(CC(=O)O)CCOCCN2CC(=O)O)cc1. The zero-order valence-corrected chi connectivity index (χ0v) is 20.7. The van der Waals surface area contributed by atoms with Gasteiger partial charge in [-0.05, 0) is 31.0 Å². The summed E-state index contributed by atoms with van der Waals surface area (Å²) < 4.78 is 5.68. The Morgan fingerprint density at radius 2 is 1.49 bits per heavy atom. The van der Waals surface area contributed by atoms with Crippen molar-refractivity contribution in [2.75, 3.05) is 70.9 Å². The first-order valence-corrected chi connectivity index (χ1v) is 11.8. The minimum Gasteiger partial charge on any atom is -0.480 e. The van der Waals surface area contributed by atoms with Crippen LogP contribution in [0.3, 0.4) is 0 Å². The molecule has 1 aromatic carbocycles. The van der Waals surface area contributed by atoms with Crippen molar-refractivity contribution in [2.45, 2.75) is 19.4 Å². The van der Waals surface area contributed by atoms with E-state index >= 15 is 0 Å². The van der Waals surface area contributed by atoms with E-state index in [1.54, 1.807) is 21.6 Å². The molecule has 0 aliphatic carbocycles. The van der Waals surface area contributed by atoms with Crippen LogP contribution in [0.2, 0.25) is 0 Å². The summed E-state index contributed by atoms with van der Waals surface area (Å²) in [5.74, 6) is -2.94. The van der Waals surface area contributed by atoms with Gasteiger partial charge in [-0.1, -0.05) is 24.4 Å². The van der Waals surface area contributed by atoms with Gasteiger partial charge in [0.25, 0.3) is 0 Å². The fraction of sp³-hybridized carbons (Fsp3) is 0.565. The minimum absolute atomic E-state index is 0.166. The quantitative estimate of drug-likeness (QED) is 0.345. The Bertz CT molecular complexity index is 868. The number of nitrogens with zero attached hydrogens (tertiary/aromatic N) is 3. The number of hydrogen-bond donors (Lipinski definition) is 4. The van der Waals surface area contributed by atoms with Gasteiger partial charge in [-0.3, -0.25) is 29.1 Å². The zero-order valence-electron chi connectivity index (χ0n) is 19.9. The van der Waals surface area contributed by atoms with E-state index in [2.05, 4.69) is 5.32 Å². The van der Waals surface area contributed by atoms with E-state index in [1.165, 1.54) is 0 Å². The molecule has 2 rings (SSSR count). The molecule has 0 saturated carbocycles. The van der Waals surface area contributed by atoms with Crippen LogP contribution in [-0.2, 0) is 25.5 Å². The monoisotopic (exact) mass is 510 g/mol. The highest BCUT2D eigenvalue weighted by Gasteiger charge is 2.26. The Hall–Kier alpha value is -2.64. The van der Waals surface area contributed by atoms with Gasteiger partial charge >= 0.3 is 17.9 Å². The second kappa shape index (κ2) is 14.7. The maximum absolute atomic E-state index is 11.6. The lowest BCUT2D eigenvalue weighted by Crippen LogP contribution is -2.51. The maximum atomic E-state index is 11.6. The van der Waals surface area contributed by atoms with Crippen LogP contribution < -0.4 is 5.32 Å². The molecule has 0 spiro atoms. The molecular formula is C23H34N4O7S. The Morgan fingerprint density at radius 3 is 2.09 bits per heavy atom. The number of benzene rings is 1. The Labute approximate surface area is 210 Å². The molecule has 1 aromatic rings. The highest BCUT2D eigenvalue weighted by Crippen LogP contribution is 2.16. The fourth-order valence-corrected chi connectivity index (χ4v) is 4.14. The summed E-state index contributed by atoms with van der Waals surface area (Å²) in [5.41, 5.74) is 1.82. The van der Waals surface area contributed by atoms with Crippen LogP contribution in [0.1, 0.15) is 12.5 Å². The lowest BCUT2D eigenvalue weighted by Gasteiger charge is -2.36. The third-order valence-corrected chi connectivity index (χ3v) is 5.70. The van der Waals surface area contributed by atoms with Gasteiger partial charge in [0.2, 0.25) is 0 Å². The molecule has 0 amide bonds. The number of aliphatic carboxylic acids is 3. The number of rotatable bonds is 9. The van der Waals surface area contributed by atoms with Gasteiger partial charge in [0.15, 0.2) is 0 Å². The topological polar surface area (TPSA) is 143 Å². The van der Waals surface area contributed by atoms with Crippen molar-refractivity contribution < 1.29 is 34.4 Å².